The van der Waals surface area contributed by atoms with Crippen LogP contribution in [-0.2, 0) is 24.6 Å². The first-order chi connectivity index (χ1) is 19.6. The summed E-state index contributed by atoms with van der Waals surface area (Å²) in [5.74, 6) is 1.82. The van der Waals surface area contributed by atoms with Gasteiger partial charge in [0.1, 0.15) is 23.4 Å². The number of carbonyl (C=O) groups excluding carboxylic acids is 1. The number of hydrogen-bond donors (Lipinski definition) is 0. The lowest BCUT2D eigenvalue weighted by molar-refractivity contribution is -0.140. The van der Waals surface area contributed by atoms with E-state index in [0.29, 0.717) is 59.9 Å². The number of nitrogens with zero attached hydrogens (tertiary/aromatic N) is 8. The number of aryl methyl sites for hydroxylation is 1. The molecular weight excluding hydrogens is 537 g/mol. The number of methoxy groups -OCH3 is 1. The average Bonchev–Trinajstić information content (AvgIpc) is 3.73. The van der Waals surface area contributed by atoms with E-state index in [4.69, 9.17) is 9.72 Å². The molecule has 3 aromatic heterocycles. The van der Waals surface area contributed by atoms with Gasteiger partial charge in [0.05, 0.1) is 19.0 Å². The first kappa shape index (κ1) is 26.7. The van der Waals surface area contributed by atoms with Crippen LogP contribution in [0.4, 0.5) is 24.7 Å². The van der Waals surface area contributed by atoms with E-state index in [1.54, 1.807) is 30.3 Å². The Morgan fingerprint density at radius 1 is 1.07 bits per heavy atom. The number of fused-ring (bicyclic) bond motifs is 1. The minimum Gasteiger partial charge on any atom is -0.480 e. The molecule has 13 heteroatoms. The molecule has 0 unspecified atom stereocenters. The van der Waals surface area contributed by atoms with Crippen LogP contribution in [0.25, 0.3) is 22.8 Å². The molecule has 2 aliphatic rings. The Hall–Kier alpha value is -4.55. The number of carbonyl (C=O) groups is 1. The second kappa shape index (κ2) is 10.1. The first-order valence-corrected chi connectivity index (χ1v) is 13.1. The summed E-state index contributed by atoms with van der Waals surface area (Å²) in [6.07, 6.45) is 1.64. The number of hydrogen-bond acceptors (Lipinski definition) is 8. The van der Waals surface area contributed by atoms with Gasteiger partial charge in [0.15, 0.2) is 17.3 Å². The van der Waals surface area contributed by atoms with Crippen LogP contribution < -0.4 is 14.5 Å². The van der Waals surface area contributed by atoms with E-state index >= 15 is 0 Å². The normalized spacial score (nSPS) is 15.2. The largest absolute Gasteiger partial charge is 0.480 e. The summed E-state index contributed by atoms with van der Waals surface area (Å²) in [5.41, 5.74) is 2.65. The monoisotopic (exact) mass is 564 g/mol. The third-order valence-electron chi connectivity index (χ3n) is 7.29. The molecule has 1 saturated carbocycles. The lowest BCUT2D eigenvalue weighted by atomic mass is 10.1. The summed E-state index contributed by atoms with van der Waals surface area (Å²) >= 11 is 0. The van der Waals surface area contributed by atoms with Gasteiger partial charge in [-0.05, 0) is 18.4 Å². The Balaban J connectivity index is 1.33. The molecular formula is C28H27F3N8O2. The average molecular weight is 565 g/mol. The van der Waals surface area contributed by atoms with Crippen molar-refractivity contribution in [1.29, 1.82) is 0 Å². The van der Waals surface area contributed by atoms with Gasteiger partial charge in [-0.1, -0.05) is 24.3 Å². The van der Waals surface area contributed by atoms with Gasteiger partial charge in [0, 0.05) is 51.3 Å². The summed E-state index contributed by atoms with van der Waals surface area (Å²) in [6, 6.07) is 7.22. The van der Waals surface area contributed by atoms with Crippen molar-refractivity contribution in [3.05, 3.63) is 59.9 Å². The Kier molecular flexibility index (Phi) is 6.59. The lowest BCUT2D eigenvalue weighted by Crippen LogP contribution is -2.43. The van der Waals surface area contributed by atoms with Crippen LogP contribution >= 0.6 is 0 Å². The van der Waals surface area contributed by atoms with E-state index in [2.05, 4.69) is 24.8 Å². The molecule has 1 aliphatic heterocycles. The molecule has 6 rings (SSSR count). The summed E-state index contributed by atoms with van der Waals surface area (Å²) in [6.45, 7) is 2.95. The van der Waals surface area contributed by atoms with Crippen molar-refractivity contribution >= 4 is 17.4 Å². The molecule has 1 aliphatic carbocycles. The molecule has 4 heterocycles. The zero-order valence-electron chi connectivity index (χ0n) is 22.7. The number of benzene rings is 1. The topological polar surface area (TPSA) is 102 Å². The van der Waals surface area contributed by atoms with Crippen LogP contribution in [0.1, 0.15) is 42.6 Å². The Morgan fingerprint density at radius 3 is 2.46 bits per heavy atom. The molecule has 41 heavy (non-hydrogen) atoms. The maximum absolute atomic E-state index is 13.1. The van der Waals surface area contributed by atoms with Crippen LogP contribution in [0.2, 0.25) is 0 Å². The Morgan fingerprint density at radius 2 is 1.83 bits per heavy atom. The van der Waals surface area contributed by atoms with Gasteiger partial charge in [0.2, 0.25) is 11.8 Å². The van der Waals surface area contributed by atoms with Crippen molar-refractivity contribution in [2.75, 3.05) is 30.0 Å². The fraction of sp³-hybridized carbons (Fsp3) is 0.357. The summed E-state index contributed by atoms with van der Waals surface area (Å²) < 4.78 is 46.3. The van der Waals surface area contributed by atoms with Crippen LogP contribution in [-0.4, -0.2) is 55.6 Å². The maximum Gasteiger partial charge on any atom is 0.434 e. The van der Waals surface area contributed by atoms with Gasteiger partial charge in [-0.15, -0.1) is 0 Å². The first-order valence-electron chi connectivity index (χ1n) is 13.1. The van der Waals surface area contributed by atoms with E-state index < -0.39 is 11.9 Å². The van der Waals surface area contributed by atoms with Crippen molar-refractivity contribution < 1.29 is 22.7 Å². The second-order valence-corrected chi connectivity index (χ2v) is 10.2. The highest BCUT2D eigenvalue weighted by Crippen LogP contribution is 2.45. The number of rotatable bonds is 6. The zero-order valence-corrected chi connectivity index (χ0v) is 22.7. The third-order valence-corrected chi connectivity index (χ3v) is 7.29. The van der Waals surface area contributed by atoms with E-state index in [1.807, 2.05) is 12.1 Å². The highest BCUT2D eigenvalue weighted by atomic mass is 19.4. The van der Waals surface area contributed by atoms with Crippen LogP contribution in [0, 0.1) is 0 Å². The minimum atomic E-state index is -4.51. The van der Waals surface area contributed by atoms with E-state index in [-0.39, 0.29) is 11.7 Å². The van der Waals surface area contributed by atoms with Crippen molar-refractivity contribution in [2.24, 2.45) is 7.05 Å². The smallest absolute Gasteiger partial charge is 0.434 e. The molecule has 10 nitrogen and oxygen atoms in total. The van der Waals surface area contributed by atoms with Crippen LogP contribution in [0.15, 0.2) is 43.0 Å². The molecule has 0 N–H and O–H groups in total. The van der Waals surface area contributed by atoms with Crippen molar-refractivity contribution in [2.45, 2.75) is 38.4 Å². The van der Waals surface area contributed by atoms with E-state index in [0.717, 1.165) is 30.3 Å². The highest BCUT2D eigenvalue weighted by Gasteiger charge is 2.35. The lowest BCUT2D eigenvalue weighted by Gasteiger charge is -2.36. The van der Waals surface area contributed by atoms with Crippen LogP contribution in [0.5, 0.6) is 5.88 Å². The van der Waals surface area contributed by atoms with Gasteiger partial charge >= 0.3 is 6.18 Å². The molecule has 0 bridgehead atoms. The number of aromatic nitrogens is 6. The number of halogens is 3. The predicted octanol–water partition coefficient (Wildman–Crippen LogP) is 4.61. The molecule has 4 aromatic rings. The van der Waals surface area contributed by atoms with E-state index in [1.165, 1.54) is 24.9 Å². The van der Waals surface area contributed by atoms with Crippen molar-refractivity contribution in [3.8, 4) is 28.7 Å². The number of amides is 1. The Bertz CT molecular complexity index is 1620. The second-order valence-electron chi connectivity index (χ2n) is 10.2. The third kappa shape index (κ3) is 5.07. The fourth-order valence-corrected chi connectivity index (χ4v) is 5.10. The standard InChI is InChI=1S/C28H27F3N8O2/c1-16(40)39-11-10-38(13-17-4-6-19(7-5-17)25-35-21(14-37(25)2)28(29,30)31)26-20(39)12-32-24(36-26)22-23(18-8-9-18)33-15-34-27(22)41-3/h4-7,12,14-15,18H,8-11,13H2,1-3H3. The van der Waals surface area contributed by atoms with Gasteiger partial charge < -0.3 is 19.1 Å². The highest BCUT2D eigenvalue weighted by molar-refractivity contribution is 5.95. The number of imidazole rings is 1. The summed E-state index contributed by atoms with van der Waals surface area (Å²) in [7, 11) is 3.08. The zero-order chi connectivity index (χ0) is 28.9. The van der Waals surface area contributed by atoms with E-state index in [9.17, 15) is 18.0 Å². The molecule has 212 valence electrons. The van der Waals surface area contributed by atoms with Crippen molar-refractivity contribution in [1.82, 2.24) is 29.5 Å². The van der Waals surface area contributed by atoms with Gasteiger partial charge in [-0.3, -0.25) is 4.79 Å². The molecule has 0 atom stereocenters. The predicted molar refractivity (Wildman–Crippen MR) is 144 cm³/mol. The SMILES string of the molecule is COc1ncnc(C2CC2)c1-c1ncc2c(n1)N(Cc1ccc(-c3nc(C(F)(F)F)cn3C)cc1)CCN2C(C)=O. The molecule has 0 saturated heterocycles. The maximum atomic E-state index is 13.1. The number of ether oxygens (including phenoxy) is 1. The molecule has 1 amide bonds. The van der Waals surface area contributed by atoms with Crippen LogP contribution in [0.3, 0.4) is 0 Å². The minimum absolute atomic E-state index is 0.112. The van der Waals surface area contributed by atoms with Crippen molar-refractivity contribution in [3.63, 3.8) is 0 Å². The summed E-state index contributed by atoms with van der Waals surface area (Å²) in [4.78, 5) is 38.2. The fourth-order valence-electron chi connectivity index (χ4n) is 5.10. The Labute approximate surface area is 233 Å². The molecule has 1 aromatic carbocycles. The molecule has 1 fully saturated rings. The quantitative estimate of drug-likeness (QED) is 0.335. The molecule has 0 spiro atoms. The number of anilines is 2. The van der Waals surface area contributed by atoms with Gasteiger partial charge in [0.25, 0.3) is 0 Å². The van der Waals surface area contributed by atoms with Gasteiger partial charge in [-0.25, -0.2) is 24.9 Å². The number of alkyl halides is 3. The summed E-state index contributed by atoms with van der Waals surface area (Å²) in [5, 5.41) is 0. The van der Waals surface area contributed by atoms with Gasteiger partial charge in [-0.2, -0.15) is 13.2 Å². The molecule has 0 radical (unpaired) electrons.